The lowest BCUT2D eigenvalue weighted by Gasteiger charge is -2.35. The van der Waals surface area contributed by atoms with Gasteiger partial charge >= 0.3 is 0 Å². The topological polar surface area (TPSA) is 167 Å². The Morgan fingerprint density at radius 1 is 0.330 bits per heavy atom. The molecule has 0 fully saturated rings. The number of carbonyl (C=O) groups excluding carboxylic acids is 4. The molecule has 0 aliphatic carbocycles. The first kappa shape index (κ1) is 57.9. The normalized spacial score (nSPS) is 16.2. The van der Waals surface area contributed by atoms with Crippen LogP contribution in [0.15, 0.2) is 121 Å². The maximum atomic E-state index is 15.8. The van der Waals surface area contributed by atoms with Crippen LogP contribution >= 0.6 is 0 Å². The van der Waals surface area contributed by atoms with Gasteiger partial charge in [0, 0.05) is 79.4 Å². The summed E-state index contributed by atoms with van der Waals surface area (Å²) in [7, 11) is 0. The van der Waals surface area contributed by atoms with Gasteiger partial charge in [0.2, 0.25) is 0 Å². The standard InChI is InChI=1S/C72H70N2O14/c1-5-7-9-11-17-43(3)73-69(75)53-39-57-63-65-59-41-55-62-56(72(78)74(71(55)77)44(4)18-12-10-8-6-2)42-60(88-52-26-16-21-47(38-52)83-33-29-79-27-31-81-45-19-13-23-49(35-45)85-57)66(68(62)65)64-58(40-54(70(73)76)61(53)67(63)64)86-50-24-14-20-46(36-50)82-32-28-80-30-34-84-48-22-15-25-51(37-48)87-59/h13-16,19-26,35-44H,5-12,17-18,27-34H2,1-4H3/t43-,44-/m1/s1. The summed E-state index contributed by atoms with van der Waals surface area (Å²) < 4.78 is 65.9. The summed E-state index contributed by atoms with van der Waals surface area (Å²) >= 11 is 0. The summed E-state index contributed by atoms with van der Waals surface area (Å²) in [5.74, 6) is 2.17. The zero-order chi connectivity index (χ0) is 60.4. The van der Waals surface area contributed by atoms with Crippen LogP contribution in [0.4, 0.5) is 0 Å². The van der Waals surface area contributed by atoms with Gasteiger partial charge in [-0.05, 0) is 99.5 Å². The Kier molecular flexibility index (Phi) is 16.7. The van der Waals surface area contributed by atoms with E-state index in [1.165, 1.54) is 9.80 Å². The maximum Gasteiger partial charge on any atom is 0.261 e. The molecule has 16 nitrogen and oxygen atoms in total. The molecule has 9 aromatic carbocycles. The highest BCUT2D eigenvalue weighted by Gasteiger charge is 2.43. The Hall–Kier alpha value is -9.12. The van der Waals surface area contributed by atoms with E-state index in [0.717, 1.165) is 51.4 Å². The Labute approximate surface area is 510 Å². The molecule has 0 saturated heterocycles. The average molecular weight is 1190 g/mol. The number of unbranched alkanes of at least 4 members (excludes halogenated alkanes) is 6. The van der Waals surface area contributed by atoms with Gasteiger partial charge in [-0.3, -0.25) is 29.0 Å². The van der Waals surface area contributed by atoms with E-state index in [0.29, 0.717) is 102 Å². The number of carbonyl (C=O) groups is 4. The van der Waals surface area contributed by atoms with Gasteiger partial charge in [0.25, 0.3) is 23.6 Å². The maximum absolute atomic E-state index is 15.8. The molecule has 6 heterocycles. The fourth-order valence-electron chi connectivity index (χ4n) is 12.8. The third-order valence-corrected chi connectivity index (χ3v) is 16.9. The molecule has 15 rings (SSSR count). The van der Waals surface area contributed by atoms with E-state index in [1.807, 2.05) is 62.4 Å². The van der Waals surface area contributed by atoms with Crippen molar-refractivity contribution in [2.24, 2.45) is 0 Å². The lowest BCUT2D eigenvalue weighted by Crippen LogP contribution is -2.46. The number of imide groups is 2. The third-order valence-electron chi connectivity index (χ3n) is 16.9. The van der Waals surface area contributed by atoms with Gasteiger partial charge in [0.15, 0.2) is 0 Å². The van der Waals surface area contributed by atoms with Crippen LogP contribution in [-0.4, -0.2) is 98.4 Å². The van der Waals surface area contributed by atoms with Crippen LogP contribution in [0.2, 0.25) is 0 Å². The number of fused-ring (bicyclic) bond motifs is 12. The molecule has 4 amide bonds. The van der Waals surface area contributed by atoms with Gasteiger partial charge in [-0.25, -0.2) is 0 Å². The molecule has 452 valence electrons. The van der Waals surface area contributed by atoms with Crippen molar-refractivity contribution in [3.05, 3.63) is 144 Å². The lowest BCUT2D eigenvalue weighted by atomic mass is 9.80. The second-order valence-electron chi connectivity index (χ2n) is 23.0. The van der Waals surface area contributed by atoms with Crippen LogP contribution in [0, 0.1) is 0 Å². The van der Waals surface area contributed by atoms with Crippen LogP contribution in [-0.2, 0) is 9.47 Å². The molecule has 0 unspecified atom stereocenters. The van der Waals surface area contributed by atoms with E-state index in [2.05, 4.69) is 13.8 Å². The van der Waals surface area contributed by atoms with E-state index in [-0.39, 0.29) is 98.1 Å². The Bertz CT molecular complexity index is 3660. The SMILES string of the molecule is CCCCCC[C@@H](C)N1C(=O)c2cc3c4c5c6cc7c8c(cc(c(c9c(cc(c2c49)C1=O)Oc1cccc(c1)OCCOCCOc1cccc(c1)O6)c85)Oc1cccc(c1)OCCOCCOc1cccc(c1)O3)C(=O)N([C@H](C)CCCCCC)C7=O. The second kappa shape index (κ2) is 25.3. The Morgan fingerprint density at radius 2 is 0.602 bits per heavy atom. The number of benzene rings is 9. The van der Waals surface area contributed by atoms with Crippen molar-refractivity contribution in [1.29, 1.82) is 0 Å². The summed E-state index contributed by atoms with van der Waals surface area (Å²) in [6.07, 6.45) is 8.78. The van der Waals surface area contributed by atoms with Gasteiger partial charge < -0.3 is 47.4 Å². The van der Waals surface area contributed by atoms with Gasteiger partial charge in [-0.2, -0.15) is 0 Å². The first-order chi connectivity index (χ1) is 43.1. The minimum absolute atomic E-state index is 0.196. The van der Waals surface area contributed by atoms with Crippen molar-refractivity contribution in [1.82, 2.24) is 9.80 Å². The zero-order valence-corrected chi connectivity index (χ0v) is 50.0. The molecule has 88 heavy (non-hydrogen) atoms. The number of rotatable bonds is 12. The first-order valence-electron chi connectivity index (χ1n) is 31.0. The van der Waals surface area contributed by atoms with Gasteiger partial charge in [0.1, 0.15) is 95.4 Å². The van der Waals surface area contributed by atoms with E-state index >= 15 is 19.2 Å². The minimum Gasteiger partial charge on any atom is -0.491 e. The van der Waals surface area contributed by atoms with Crippen molar-refractivity contribution < 1.29 is 66.5 Å². The average Bonchev–Trinajstić information content (AvgIpc) is 0.695. The Balaban J connectivity index is 1.20. The molecule has 18 bridgehead atoms. The van der Waals surface area contributed by atoms with E-state index in [4.69, 9.17) is 47.4 Å². The second-order valence-corrected chi connectivity index (χ2v) is 23.0. The molecule has 2 atom stereocenters. The lowest BCUT2D eigenvalue weighted by molar-refractivity contribution is 0.0526. The largest absolute Gasteiger partial charge is 0.491 e. The van der Waals surface area contributed by atoms with E-state index < -0.39 is 35.7 Å². The number of nitrogens with zero attached hydrogens (tertiary/aromatic N) is 2. The molecular weight excluding hydrogens is 1120 g/mol. The van der Waals surface area contributed by atoms with Crippen molar-refractivity contribution in [2.45, 2.75) is 104 Å². The van der Waals surface area contributed by atoms with Crippen LogP contribution in [0.3, 0.4) is 0 Å². The zero-order valence-electron chi connectivity index (χ0n) is 50.0. The molecular formula is C72H70N2O14. The summed E-state index contributed by atoms with van der Waals surface area (Å²) in [5, 5.41) is 3.04. The first-order valence-corrected chi connectivity index (χ1v) is 31.0. The molecule has 0 radical (unpaired) electrons. The van der Waals surface area contributed by atoms with E-state index in [9.17, 15) is 0 Å². The number of hydrogen-bond acceptors (Lipinski definition) is 14. The highest BCUT2D eigenvalue weighted by atomic mass is 16.6. The molecule has 0 spiro atoms. The van der Waals surface area contributed by atoms with Crippen molar-refractivity contribution in [3.63, 3.8) is 0 Å². The highest BCUT2D eigenvalue weighted by Crippen LogP contribution is 2.58. The summed E-state index contributed by atoms with van der Waals surface area (Å²) in [4.78, 5) is 65.9. The fourth-order valence-corrected chi connectivity index (χ4v) is 12.8. The van der Waals surface area contributed by atoms with Gasteiger partial charge in [0.05, 0.1) is 48.7 Å². The minimum atomic E-state index is -0.497. The number of amides is 4. The van der Waals surface area contributed by atoms with Crippen LogP contribution in [0.25, 0.3) is 43.1 Å². The Morgan fingerprint density at radius 3 is 0.875 bits per heavy atom. The predicted octanol–water partition coefficient (Wildman–Crippen LogP) is 16.4. The monoisotopic (exact) mass is 1190 g/mol. The highest BCUT2D eigenvalue weighted by molar-refractivity contribution is 6.45. The van der Waals surface area contributed by atoms with Crippen molar-refractivity contribution >= 4 is 66.7 Å². The number of hydrogen-bond donors (Lipinski definition) is 0. The molecule has 0 N–H and O–H groups in total. The quantitative estimate of drug-likeness (QED) is 0.0373. The predicted molar refractivity (Wildman–Crippen MR) is 335 cm³/mol. The van der Waals surface area contributed by atoms with Gasteiger partial charge in [-0.1, -0.05) is 89.5 Å². The summed E-state index contributed by atoms with van der Waals surface area (Å²) in [6.45, 7) is 10.1. The van der Waals surface area contributed by atoms with Gasteiger partial charge in [-0.15, -0.1) is 0 Å². The molecule has 6 aliphatic heterocycles. The molecule has 16 heteroatoms. The third kappa shape index (κ3) is 11.2. The molecule has 6 aliphatic rings. The van der Waals surface area contributed by atoms with Crippen LogP contribution < -0.4 is 37.9 Å². The van der Waals surface area contributed by atoms with Crippen molar-refractivity contribution in [3.8, 4) is 69.0 Å². The number of ether oxygens (including phenoxy) is 10. The van der Waals surface area contributed by atoms with Crippen LogP contribution in [0.5, 0.6) is 69.0 Å². The molecule has 9 aromatic rings. The molecule has 0 saturated carbocycles. The molecule has 0 aromatic heterocycles. The van der Waals surface area contributed by atoms with E-state index in [1.54, 1.807) is 72.8 Å². The fraction of sp³-hybridized carbons (Fsp3) is 0.333. The van der Waals surface area contributed by atoms with Crippen LogP contribution in [0.1, 0.15) is 133 Å². The summed E-state index contributed by atoms with van der Waals surface area (Å²) in [6, 6.07) is 34.6. The smallest absolute Gasteiger partial charge is 0.261 e. The van der Waals surface area contributed by atoms with Crippen molar-refractivity contribution in [2.75, 3.05) is 52.9 Å². The summed E-state index contributed by atoms with van der Waals surface area (Å²) in [5.41, 5.74) is 0.853.